The normalized spacial score (nSPS) is 17.4. The van der Waals surface area contributed by atoms with Crippen molar-refractivity contribution < 1.29 is 4.74 Å². The van der Waals surface area contributed by atoms with E-state index in [0.717, 1.165) is 37.0 Å². The summed E-state index contributed by atoms with van der Waals surface area (Å²) in [6, 6.07) is 10.3. The van der Waals surface area contributed by atoms with Gasteiger partial charge in [0.25, 0.3) is 0 Å². The van der Waals surface area contributed by atoms with Crippen molar-refractivity contribution in [1.82, 2.24) is 20.4 Å². The molecule has 1 fully saturated rings. The van der Waals surface area contributed by atoms with Gasteiger partial charge in [-0.15, -0.1) is 0 Å². The van der Waals surface area contributed by atoms with E-state index in [1.807, 2.05) is 29.9 Å². The highest BCUT2D eigenvalue weighted by Gasteiger charge is 2.23. The van der Waals surface area contributed by atoms with E-state index in [1.54, 1.807) is 20.4 Å². The van der Waals surface area contributed by atoms with Gasteiger partial charge in [-0.1, -0.05) is 6.07 Å². The van der Waals surface area contributed by atoms with E-state index in [1.165, 1.54) is 12.1 Å². The second-order valence-electron chi connectivity index (χ2n) is 6.56. The van der Waals surface area contributed by atoms with Crippen LogP contribution in [0.15, 0.2) is 41.5 Å². The second-order valence-corrected chi connectivity index (χ2v) is 6.56. The Kier molecular flexibility index (Phi) is 5.99. The van der Waals surface area contributed by atoms with Gasteiger partial charge in [0.15, 0.2) is 5.96 Å². The maximum atomic E-state index is 5.33. The molecule has 0 aliphatic carbocycles. The number of guanidine groups is 1. The van der Waals surface area contributed by atoms with Crippen LogP contribution in [0.2, 0.25) is 0 Å². The standard InChI is InChI=1S/C19H28N6O/c1-20-19(22-13-17-7-9-23-24(17)2)21-12-15-8-10-25(14-15)16-5-4-6-18(11-16)26-3/h4-7,9,11,15H,8,10,12-14H2,1-3H3,(H2,20,21,22). The molecular weight excluding hydrogens is 328 g/mol. The molecule has 26 heavy (non-hydrogen) atoms. The van der Waals surface area contributed by atoms with Gasteiger partial charge in [0, 0.05) is 51.7 Å². The molecule has 7 heteroatoms. The second kappa shape index (κ2) is 8.60. The zero-order valence-electron chi connectivity index (χ0n) is 15.8. The minimum absolute atomic E-state index is 0.594. The van der Waals surface area contributed by atoms with Crippen molar-refractivity contribution in [1.29, 1.82) is 0 Å². The van der Waals surface area contributed by atoms with Gasteiger partial charge >= 0.3 is 0 Å². The summed E-state index contributed by atoms with van der Waals surface area (Å²) in [6.07, 6.45) is 2.97. The molecule has 2 N–H and O–H groups in total. The van der Waals surface area contributed by atoms with Crippen LogP contribution in [-0.4, -0.2) is 49.5 Å². The average molecular weight is 356 g/mol. The molecule has 0 spiro atoms. The van der Waals surface area contributed by atoms with E-state index in [0.29, 0.717) is 12.5 Å². The molecule has 2 heterocycles. The fraction of sp³-hybridized carbons (Fsp3) is 0.474. The van der Waals surface area contributed by atoms with Crippen molar-refractivity contribution in [3.63, 3.8) is 0 Å². The third-order valence-corrected chi connectivity index (χ3v) is 4.85. The van der Waals surface area contributed by atoms with Crippen molar-refractivity contribution in [3.8, 4) is 5.75 Å². The zero-order valence-corrected chi connectivity index (χ0v) is 15.8. The Morgan fingerprint density at radius 2 is 2.23 bits per heavy atom. The van der Waals surface area contributed by atoms with Crippen LogP contribution in [0.4, 0.5) is 5.69 Å². The number of hydrogen-bond donors (Lipinski definition) is 2. The topological polar surface area (TPSA) is 66.7 Å². The van der Waals surface area contributed by atoms with Gasteiger partial charge in [-0.3, -0.25) is 9.67 Å². The number of nitrogens with zero attached hydrogens (tertiary/aromatic N) is 4. The van der Waals surface area contributed by atoms with Crippen molar-refractivity contribution in [2.45, 2.75) is 13.0 Å². The first kappa shape index (κ1) is 18.1. The maximum Gasteiger partial charge on any atom is 0.191 e. The molecule has 0 bridgehead atoms. The Morgan fingerprint density at radius 3 is 2.96 bits per heavy atom. The van der Waals surface area contributed by atoms with Gasteiger partial charge in [-0.25, -0.2) is 0 Å². The first-order valence-corrected chi connectivity index (χ1v) is 9.00. The Balaban J connectivity index is 1.46. The van der Waals surface area contributed by atoms with Crippen molar-refractivity contribution in [2.24, 2.45) is 18.0 Å². The van der Waals surface area contributed by atoms with Crippen molar-refractivity contribution >= 4 is 11.6 Å². The Labute approximate surface area is 155 Å². The van der Waals surface area contributed by atoms with Gasteiger partial charge in [0.2, 0.25) is 0 Å². The summed E-state index contributed by atoms with van der Waals surface area (Å²) in [4.78, 5) is 6.73. The van der Waals surface area contributed by atoms with Gasteiger partial charge in [0.1, 0.15) is 5.75 Å². The molecule has 1 atom stereocenters. The first-order valence-electron chi connectivity index (χ1n) is 9.00. The lowest BCUT2D eigenvalue weighted by atomic mass is 10.1. The van der Waals surface area contributed by atoms with Crippen LogP contribution in [0.25, 0.3) is 0 Å². The van der Waals surface area contributed by atoms with E-state index in [2.05, 4.69) is 37.8 Å². The molecule has 1 aromatic carbocycles. The molecule has 1 aromatic heterocycles. The molecule has 1 saturated heterocycles. The highest BCUT2D eigenvalue weighted by molar-refractivity contribution is 5.79. The van der Waals surface area contributed by atoms with E-state index in [9.17, 15) is 0 Å². The van der Waals surface area contributed by atoms with Gasteiger partial charge in [-0.2, -0.15) is 5.10 Å². The van der Waals surface area contributed by atoms with Gasteiger partial charge in [0.05, 0.1) is 19.3 Å². The van der Waals surface area contributed by atoms with Crippen LogP contribution < -0.4 is 20.3 Å². The number of nitrogens with one attached hydrogen (secondary N) is 2. The summed E-state index contributed by atoms with van der Waals surface area (Å²) in [6.45, 7) is 3.72. The predicted octanol–water partition coefficient (Wildman–Crippen LogP) is 1.62. The van der Waals surface area contributed by atoms with Crippen LogP contribution in [0.1, 0.15) is 12.1 Å². The number of ether oxygens (including phenoxy) is 1. The molecule has 1 aliphatic heterocycles. The largest absolute Gasteiger partial charge is 0.497 e. The summed E-state index contributed by atoms with van der Waals surface area (Å²) in [7, 11) is 5.45. The quantitative estimate of drug-likeness (QED) is 0.608. The fourth-order valence-electron chi connectivity index (χ4n) is 3.25. The van der Waals surface area contributed by atoms with Crippen LogP contribution in [-0.2, 0) is 13.6 Å². The summed E-state index contributed by atoms with van der Waals surface area (Å²) >= 11 is 0. The van der Waals surface area contributed by atoms with E-state index >= 15 is 0 Å². The molecule has 7 nitrogen and oxygen atoms in total. The fourth-order valence-corrected chi connectivity index (χ4v) is 3.25. The van der Waals surface area contributed by atoms with E-state index in [-0.39, 0.29) is 0 Å². The lowest BCUT2D eigenvalue weighted by Gasteiger charge is -2.20. The lowest BCUT2D eigenvalue weighted by molar-refractivity contribution is 0.415. The number of rotatable bonds is 6. The van der Waals surface area contributed by atoms with Crippen molar-refractivity contribution in [3.05, 3.63) is 42.2 Å². The van der Waals surface area contributed by atoms with Crippen LogP contribution in [0.3, 0.4) is 0 Å². The van der Waals surface area contributed by atoms with E-state index < -0.39 is 0 Å². The number of aromatic nitrogens is 2. The maximum absolute atomic E-state index is 5.33. The number of anilines is 1. The molecule has 0 amide bonds. The summed E-state index contributed by atoms with van der Waals surface area (Å²) in [5.74, 6) is 2.33. The van der Waals surface area contributed by atoms with Crippen LogP contribution in [0.5, 0.6) is 5.75 Å². The molecule has 1 aliphatic rings. The number of methoxy groups -OCH3 is 1. The molecule has 0 radical (unpaired) electrons. The molecule has 3 rings (SSSR count). The van der Waals surface area contributed by atoms with Crippen LogP contribution >= 0.6 is 0 Å². The number of aliphatic imine (C=N–C) groups is 1. The highest BCUT2D eigenvalue weighted by atomic mass is 16.5. The van der Waals surface area contributed by atoms with Gasteiger partial charge in [-0.05, 0) is 30.5 Å². The monoisotopic (exact) mass is 356 g/mol. The average Bonchev–Trinajstić information content (AvgIpc) is 3.31. The minimum atomic E-state index is 0.594. The number of aryl methyl sites for hydroxylation is 1. The predicted molar refractivity (Wildman–Crippen MR) is 105 cm³/mol. The molecule has 1 unspecified atom stereocenters. The molecule has 140 valence electrons. The third kappa shape index (κ3) is 4.47. The van der Waals surface area contributed by atoms with Crippen molar-refractivity contribution in [2.75, 3.05) is 38.7 Å². The smallest absolute Gasteiger partial charge is 0.191 e. The third-order valence-electron chi connectivity index (χ3n) is 4.85. The number of benzene rings is 1. The molecule has 2 aromatic rings. The minimum Gasteiger partial charge on any atom is -0.497 e. The Bertz CT molecular complexity index is 741. The summed E-state index contributed by atoms with van der Waals surface area (Å²) in [5, 5.41) is 11.0. The highest BCUT2D eigenvalue weighted by Crippen LogP contribution is 2.26. The summed E-state index contributed by atoms with van der Waals surface area (Å²) in [5.41, 5.74) is 2.35. The zero-order chi connectivity index (χ0) is 18.4. The SMILES string of the molecule is CN=C(NCc1ccnn1C)NCC1CCN(c2cccc(OC)c2)C1. The van der Waals surface area contributed by atoms with Gasteiger partial charge < -0.3 is 20.3 Å². The van der Waals surface area contributed by atoms with Crippen LogP contribution in [0, 0.1) is 5.92 Å². The molecule has 0 saturated carbocycles. The lowest BCUT2D eigenvalue weighted by Crippen LogP contribution is -2.40. The Morgan fingerprint density at radius 1 is 1.35 bits per heavy atom. The molecular formula is C19H28N6O. The Hall–Kier alpha value is -2.70. The first-order chi connectivity index (χ1) is 12.7. The summed E-state index contributed by atoms with van der Waals surface area (Å²) < 4.78 is 7.20. The van der Waals surface area contributed by atoms with E-state index in [4.69, 9.17) is 4.74 Å². The number of hydrogen-bond acceptors (Lipinski definition) is 4.